The van der Waals surface area contributed by atoms with Crippen LogP contribution in [0.25, 0.3) is 16.7 Å². The van der Waals surface area contributed by atoms with Gasteiger partial charge in [0.25, 0.3) is 0 Å². The molecule has 126 valence electrons. The maximum Gasteiger partial charge on any atom is 0.0484 e. The second kappa shape index (κ2) is 8.50. The average Bonchev–Trinajstić information content (AvgIpc) is 2.89. The number of benzene rings is 2. The van der Waals surface area contributed by atoms with E-state index in [0.29, 0.717) is 0 Å². The van der Waals surface area contributed by atoms with E-state index in [9.17, 15) is 0 Å². The molecule has 2 heteroatoms. The van der Waals surface area contributed by atoms with Crippen molar-refractivity contribution in [2.45, 2.75) is 32.6 Å². The normalized spacial score (nSPS) is 16.8. The van der Waals surface area contributed by atoms with Gasteiger partial charge < -0.3 is 0 Å². The Morgan fingerprint density at radius 3 is 2.29 bits per heavy atom. The summed E-state index contributed by atoms with van der Waals surface area (Å²) in [6.07, 6.45) is 7.85. The summed E-state index contributed by atoms with van der Waals surface area (Å²) in [6.45, 7) is 5.77. The Morgan fingerprint density at radius 1 is 0.958 bits per heavy atom. The molecule has 0 N–H and O–H groups in total. The highest BCUT2D eigenvalue weighted by Crippen LogP contribution is 2.28. The first-order chi connectivity index (χ1) is 11.7. The number of rotatable bonds is 4. The van der Waals surface area contributed by atoms with Crippen molar-refractivity contribution in [2.75, 3.05) is 19.6 Å². The Kier molecular flexibility index (Phi) is 6.12. The third-order valence-corrected chi connectivity index (χ3v) is 5.21. The zero-order valence-corrected chi connectivity index (χ0v) is 15.2. The van der Waals surface area contributed by atoms with Crippen molar-refractivity contribution in [3.63, 3.8) is 0 Å². The van der Waals surface area contributed by atoms with Gasteiger partial charge in [-0.1, -0.05) is 73.0 Å². The van der Waals surface area contributed by atoms with Gasteiger partial charge in [0, 0.05) is 17.1 Å². The van der Waals surface area contributed by atoms with Crippen LogP contribution in [0.5, 0.6) is 0 Å². The standard InChI is InChI=1S/C22H26ClN/c1-18(14-17-24-15-6-2-3-7-16-24)19-10-12-20(13-11-19)21-8-4-5-9-22(21)23/h4-5,8-14H,2-3,6-7,15-17H2,1H3. The van der Waals surface area contributed by atoms with E-state index in [0.717, 1.165) is 17.1 Å². The number of halogens is 1. The summed E-state index contributed by atoms with van der Waals surface area (Å²) in [4.78, 5) is 2.58. The summed E-state index contributed by atoms with van der Waals surface area (Å²) in [5.74, 6) is 0. The Bertz CT molecular complexity index is 679. The molecular weight excluding hydrogens is 314 g/mol. The first kappa shape index (κ1) is 17.3. The highest BCUT2D eigenvalue weighted by atomic mass is 35.5. The maximum absolute atomic E-state index is 6.29. The minimum atomic E-state index is 0.804. The van der Waals surface area contributed by atoms with Crippen LogP contribution in [0.15, 0.2) is 54.6 Å². The van der Waals surface area contributed by atoms with Crippen LogP contribution in [-0.4, -0.2) is 24.5 Å². The molecule has 0 saturated carbocycles. The fraction of sp³-hybridized carbons (Fsp3) is 0.364. The third-order valence-electron chi connectivity index (χ3n) is 4.88. The Morgan fingerprint density at radius 2 is 1.62 bits per heavy atom. The Hall–Kier alpha value is -1.57. The van der Waals surface area contributed by atoms with Crippen LogP contribution >= 0.6 is 11.6 Å². The van der Waals surface area contributed by atoms with E-state index in [2.05, 4.69) is 48.2 Å². The molecule has 3 rings (SSSR count). The van der Waals surface area contributed by atoms with Gasteiger partial charge >= 0.3 is 0 Å². The van der Waals surface area contributed by atoms with Crippen LogP contribution in [0.4, 0.5) is 0 Å². The number of likely N-dealkylation sites (tertiary alicyclic amines) is 1. The van der Waals surface area contributed by atoms with Crippen molar-refractivity contribution < 1.29 is 0 Å². The quantitative estimate of drug-likeness (QED) is 0.633. The Labute approximate surface area is 151 Å². The highest BCUT2D eigenvalue weighted by Gasteiger charge is 2.08. The number of hydrogen-bond donors (Lipinski definition) is 0. The molecule has 0 radical (unpaired) electrons. The molecule has 1 nitrogen and oxygen atoms in total. The van der Waals surface area contributed by atoms with Gasteiger partial charge in [0.05, 0.1) is 0 Å². The van der Waals surface area contributed by atoms with Gasteiger partial charge in [-0.05, 0) is 55.6 Å². The van der Waals surface area contributed by atoms with E-state index in [4.69, 9.17) is 11.6 Å². The topological polar surface area (TPSA) is 3.24 Å². The van der Waals surface area contributed by atoms with Crippen molar-refractivity contribution >= 4 is 17.2 Å². The van der Waals surface area contributed by atoms with Crippen molar-refractivity contribution in [1.29, 1.82) is 0 Å². The van der Waals surface area contributed by atoms with Crippen LogP contribution in [0.2, 0.25) is 5.02 Å². The predicted octanol–water partition coefficient (Wildman–Crippen LogP) is 6.29. The molecule has 0 spiro atoms. The molecule has 0 atom stereocenters. The van der Waals surface area contributed by atoms with Crippen molar-refractivity contribution in [2.24, 2.45) is 0 Å². The third kappa shape index (κ3) is 4.49. The van der Waals surface area contributed by atoms with Gasteiger partial charge in [0.2, 0.25) is 0 Å². The van der Waals surface area contributed by atoms with Crippen LogP contribution in [-0.2, 0) is 0 Å². The second-order valence-corrected chi connectivity index (χ2v) is 7.07. The van der Waals surface area contributed by atoms with Crippen molar-refractivity contribution in [1.82, 2.24) is 4.90 Å². The fourth-order valence-corrected chi connectivity index (χ4v) is 3.56. The number of hydrogen-bond acceptors (Lipinski definition) is 1. The van der Waals surface area contributed by atoms with E-state index in [1.165, 1.54) is 55.5 Å². The fourth-order valence-electron chi connectivity index (χ4n) is 3.31. The summed E-state index contributed by atoms with van der Waals surface area (Å²) in [5, 5.41) is 0.804. The zero-order chi connectivity index (χ0) is 16.8. The molecule has 24 heavy (non-hydrogen) atoms. The predicted molar refractivity (Wildman–Crippen MR) is 105 cm³/mol. The van der Waals surface area contributed by atoms with Gasteiger partial charge in [0.15, 0.2) is 0 Å². The molecule has 0 amide bonds. The second-order valence-electron chi connectivity index (χ2n) is 6.66. The van der Waals surface area contributed by atoms with E-state index in [-0.39, 0.29) is 0 Å². The molecule has 1 fully saturated rings. The van der Waals surface area contributed by atoms with Crippen LogP contribution < -0.4 is 0 Å². The molecule has 1 aliphatic heterocycles. The average molecular weight is 340 g/mol. The summed E-state index contributed by atoms with van der Waals surface area (Å²) < 4.78 is 0. The molecule has 0 aromatic heterocycles. The number of allylic oxidation sites excluding steroid dienone is 1. The lowest BCUT2D eigenvalue weighted by Crippen LogP contribution is -2.24. The highest BCUT2D eigenvalue weighted by molar-refractivity contribution is 6.33. The van der Waals surface area contributed by atoms with Gasteiger partial charge in [-0.3, -0.25) is 4.90 Å². The largest absolute Gasteiger partial charge is 0.300 e. The summed E-state index contributed by atoms with van der Waals surface area (Å²) in [6, 6.07) is 16.7. The monoisotopic (exact) mass is 339 g/mol. The smallest absolute Gasteiger partial charge is 0.0484 e. The maximum atomic E-state index is 6.29. The van der Waals surface area contributed by atoms with Gasteiger partial charge in [0.1, 0.15) is 0 Å². The molecular formula is C22H26ClN. The summed E-state index contributed by atoms with van der Waals surface area (Å²) in [7, 11) is 0. The molecule has 1 saturated heterocycles. The molecule has 2 aromatic carbocycles. The zero-order valence-electron chi connectivity index (χ0n) is 14.5. The van der Waals surface area contributed by atoms with E-state index >= 15 is 0 Å². The molecule has 0 unspecified atom stereocenters. The molecule has 0 bridgehead atoms. The lowest BCUT2D eigenvalue weighted by molar-refractivity contribution is 0.316. The van der Waals surface area contributed by atoms with Crippen LogP contribution in [0.3, 0.4) is 0 Å². The molecule has 1 aliphatic rings. The SMILES string of the molecule is CC(=CCN1CCCCCC1)c1ccc(-c2ccccc2Cl)cc1. The number of nitrogens with zero attached hydrogens (tertiary/aromatic N) is 1. The van der Waals surface area contributed by atoms with E-state index in [1.54, 1.807) is 0 Å². The molecule has 2 aromatic rings. The van der Waals surface area contributed by atoms with Gasteiger partial charge in [-0.15, -0.1) is 0 Å². The summed E-state index contributed by atoms with van der Waals surface area (Å²) in [5.41, 5.74) is 4.91. The lowest BCUT2D eigenvalue weighted by atomic mass is 10.0. The first-order valence-electron chi connectivity index (χ1n) is 8.98. The van der Waals surface area contributed by atoms with Gasteiger partial charge in [-0.25, -0.2) is 0 Å². The lowest BCUT2D eigenvalue weighted by Gasteiger charge is -2.18. The minimum Gasteiger partial charge on any atom is -0.300 e. The summed E-state index contributed by atoms with van der Waals surface area (Å²) >= 11 is 6.29. The van der Waals surface area contributed by atoms with Crippen molar-refractivity contribution in [3.8, 4) is 11.1 Å². The first-order valence-corrected chi connectivity index (χ1v) is 9.36. The van der Waals surface area contributed by atoms with Gasteiger partial charge in [-0.2, -0.15) is 0 Å². The van der Waals surface area contributed by atoms with Crippen LogP contribution in [0.1, 0.15) is 38.2 Å². The van der Waals surface area contributed by atoms with E-state index < -0.39 is 0 Å². The van der Waals surface area contributed by atoms with Crippen molar-refractivity contribution in [3.05, 3.63) is 65.2 Å². The Balaban J connectivity index is 1.68. The molecule has 0 aliphatic carbocycles. The van der Waals surface area contributed by atoms with E-state index in [1.807, 2.05) is 18.2 Å². The van der Waals surface area contributed by atoms with Crippen LogP contribution in [0, 0.1) is 0 Å². The molecule has 1 heterocycles. The minimum absolute atomic E-state index is 0.804.